The highest BCUT2D eigenvalue weighted by atomic mass is 32.2. The Labute approximate surface area is 145 Å². The predicted molar refractivity (Wildman–Crippen MR) is 93.7 cm³/mol. The van der Waals surface area contributed by atoms with Crippen LogP contribution in [0.5, 0.6) is 0 Å². The quantitative estimate of drug-likeness (QED) is 0.770. The van der Waals surface area contributed by atoms with Gasteiger partial charge in [-0.2, -0.15) is 0 Å². The minimum Gasteiger partial charge on any atom is -0.352 e. The number of nitrogens with zero attached hydrogens (tertiary/aromatic N) is 1. The van der Waals surface area contributed by atoms with Crippen LogP contribution in [0, 0.1) is 17.8 Å². The van der Waals surface area contributed by atoms with Gasteiger partial charge in [0.1, 0.15) is 0 Å². The molecular formula is C17H31N3O3S. The van der Waals surface area contributed by atoms with Gasteiger partial charge in [-0.3, -0.25) is 9.69 Å². The second-order valence-corrected chi connectivity index (χ2v) is 10.0. The van der Waals surface area contributed by atoms with Crippen LogP contribution < -0.4 is 10.5 Å². The van der Waals surface area contributed by atoms with Gasteiger partial charge in [0.05, 0.1) is 11.3 Å². The topological polar surface area (TPSA) is 92.5 Å². The standard InChI is InChI=1S/C17H31N3O3S/c1-11(16-9-13-5-6-14(16)8-13)19-17(21)12(2)20-7-3-4-15(10-20)24(18,22)23/h11-16H,3-10H2,1-2H3,(H,19,21)(H2,18,22,23). The molecule has 3 aliphatic rings. The van der Waals surface area contributed by atoms with Crippen LogP contribution in [-0.4, -0.2) is 49.6 Å². The van der Waals surface area contributed by atoms with Crippen molar-refractivity contribution in [3.63, 3.8) is 0 Å². The first-order valence-electron chi connectivity index (χ1n) is 9.31. The highest BCUT2D eigenvalue weighted by molar-refractivity contribution is 7.89. The molecule has 7 heteroatoms. The van der Waals surface area contributed by atoms with Crippen LogP contribution in [0.2, 0.25) is 0 Å². The van der Waals surface area contributed by atoms with Crippen LogP contribution in [0.25, 0.3) is 0 Å². The van der Waals surface area contributed by atoms with Crippen LogP contribution in [0.4, 0.5) is 0 Å². The summed E-state index contributed by atoms with van der Waals surface area (Å²) in [6.07, 6.45) is 6.61. The normalized spacial score (nSPS) is 36.5. The van der Waals surface area contributed by atoms with E-state index in [0.29, 0.717) is 18.9 Å². The third-order valence-electron chi connectivity index (χ3n) is 6.61. The molecule has 1 heterocycles. The summed E-state index contributed by atoms with van der Waals surface area (Å²) in [4.78, 5) is 14.6. The molecule has 1 saturated heterocycles. The van der Waals surface area contributed by atoms with E-state index in [2.05, 4.69) is 12.2 Å². The van der Waals surface area contributed by atoms with Crippen LogP contribution in [0.1, 0.15) is 52.4 Å². The smallest absolute Gasteiger partial charge is 0.237 e. The molecule has 6 nitrogen and oxygen atoms in total. The fraction of sp³-hybridized carbons (Fsp3) is 0.941. The molecule has 24 heavy (non-hydrogen) atoms. The molecule has 0 aromatic carbocycles. The van der Waals surface area contributed by atoms with E-state index in [-0.39, 0.29) is 18.0 Å². The van der Waals surface area contributed by atoms with Crippen molar-refractivity contribution in [1.29, 1.82) is 0 Å². The summed E-state index contributed by atoms with van der Waals surface area (Å²) in [6.45, 7) is 5.10. The molecule has 1 aliphatic heterocycles. The first kappa shape index (κ1) is 18.1. The van der Waals surface area contributed by atoms with Crippen molar-refractivity contribution < 1.29 is 13.2 Å². The van der Waals surface area contributed by atoms with Crippen molar-refractivity contribution in [2.24, 2.45) is 22.9 Å². The Morgan fingerprint density at radius 3 is 2.54 bits per heavy atom. The number of carbonyl (C=O) groups excluding carboxylic acids is 1. The van der Waals surface area contributed by atoms with E-state index in [4.69, 9.17) is 5.14 Å². The molecule has 3 fully saturated rings. The maximum Gasteiger partial charge on any atom is 0.237 e. The fourth-order valence-corrected chi connectivity index (χ4v) is 6.00. The number of piperidine rings is 1. The Bertz CT molecular complexity index is 580. The molecule has 138 valence electrons. The van der Waals surface area contributed by atoms with Gasteiger partial charge in [0, 0.05) is 12.6 Å². The van der Waals surface area contributed by atoms with E-state index in [1.165, 1.54) is 25.7 Å². The molecule has 3 rings (SSSR count). The van der Waals surface area contributed by atoms with E-state index < -0.39 is 15.3 Å². The average Bonchev–Trinajstić information content (AvgIpc) is 3.16. The zero-order chi connectivity index (χ0) is 17.5. The van der Waals surface area contributed by atoms with Gasteiger partial charge in [-0.05, 0) is 70.3 Å². The number of rotatable bonds is 5. The number of carbonyl (C=O) groups is 1. The van der Waals surface area contributed by atoms with Crippen LogP contribution in [0.15, 0.2) is 0 Å². The minimum absolute atomic E-state index is 0.0142. The van der Waals surface area contributed by atoms with Gasteiger partial charge in [0.25, 0.3) is 0 Å². The van der Waals surface area contributed by atoms with Crippen molar-refractivity contribution >= 4 is 15.9 Å². The second kappa shape index (κ2) is 6.92. The summed E-state index contributed by atoms with van der Waals surface area (Å²) >= 11 is 0. The zero-order valence-corrected chi connectivity index (χ0v) is 15.6. The van der Waals surface area contributed by atoms with Crippen LogP contribution in [0.3, 0.4) is 0 Å². The summed E-state index contributed by atoms with van der Waals surface area (Å²) < 4.78 is 23.2. The maximum atomic E-state index is 12.6. The number of fused-ring (bicyclic) bond motifs is 2. The molecular weight excluding hydrogens is 326 g/mol. The predicted octanol–water partition coefficient (Wildman–Crippen LogP) is 1.07. The maximum absolute atomic E-state index is 12.6. The summed E-state index contributed by atoms with van der Waals surface area (Å²) in [5.74, 6) is 2.27. The van der Waals surface area contributed by atoms with Gasteiger partial charge in [-0.15, -0.1) is 0 Å². The molecule has 0 aromatic heterocycles. The number of nitrogens with two attached hydrogens (primary N) is 1. The highest BCUT2D eigenvalue weighted by Gasteiger charge is 2.42. The summed E-state index contributed by atoms with van der Waals surface area (Å²) in [5, 5.41) is 7.94. The lowest BCUT2D eigenvalue weighted by molar-refractivity contribution is -0.127. The van der Waals surface area contributed by atoms with Gasteiger partial charge in [0.15, 0.2) is 0 Å². The van der Waals surface area contributed by atoms with E-state index in [1.54, 1.807) is 0 Å². The van der Waals surface area contributed by atoms with Gasteiger partial charge < -0.3 is 5.32 Å². The van der Waals surface area contributed by atoms with Gasteiger partial charge in [0.2, 0.25) is 15.9 Å². The van der Waals surface area contributed by atoms with Crippen LogP contribution in [-0.2, 0) is 14.8 Å². The SMILES string of the molecule is CC(NC(=O)C(C)N1CCCC(S(N)(=O)=O)C1)C1CC2CCC1C2. The number of sulfonamides is 1. The third kappa shape index (κ3) is 3.78. The first-order chi connectivity index (χ1) is 11.3. The van der Waals surface area contributed by atoms with E-state index in [1.807, 2.05) is 11.8 Å². The van der Waals surface area contributed by atoms with Gasteiger partial charge in [-0.1, -0.05) is 6.42 Å². The number of primary sulfonamides is 1. The summed E-state index contributed by atoms with van der Waals surface area (Å²) in [6, 6.07) is -0.107. The largest absolute Gasteiger partial charge is 0.352 e. The van der Waals surface area contributed by atoms with Gasteiger partial charge >= 0.3 is 0 Å². The Morgan fingerprint density at radius 2 is 1.96 bits per heavy atom. The molecule has 6 atom stereocenters. The molecule has 0 radical (unpaired) electrons. The zero-order valence-electron chi connectivity index (χ0n) is 14.8. The van der Waals surface area contributed by atoms with E-state index in [9.17, 15) is 13.2 Å². The lowest BCUT2D eigenvalue weighted by Gasteiger charge is -2.36. The molecule has 6 unspecified atom stereocenters. The number of amides is 1. The number of likely N-dealkylation sites (tertiary alicyclic amines) is 1. The minimum atomic E-state index is -3.53. The third-order valence-corrected chi connectivity index (χ3v) is 7.92. The first-order valence-corrected chi connectivity index (χ1v) is 10.9. The number of hydrogen-bond acceptors (Lipinski definition) is 4. The molecule has 2 bridgehead atoms. The average molecular weight is 358 g/mol. The van der Waals surface area contributed by atoms with Crippen molar-refractivity contribution in [2.45, 2.75) is 69.7 Å². The van der Waals surface area contributed by atoms with Gasteiger partial charge in [-0.25, -0.2) is 13.6 Å². The van der Waals surface area contributed by atoms with E-state index in [0.717, 1.165) is 24.8 Å². The highest BCUT2D eigenvalue weighted by Crippen LogP contribution is 2.49. The molecule has 0 spiro atoms. The summed E-state index contributed by atoms with van der Waals surface area (Å²) in [5.41, 5.74) is 0. The lowest BCUT2D eigenvalue weighted by Crippen LogP contribution is -2.54. The Kier molecular flexibility index (Phi) is 5.23. The lowest BCUT2D eigenvalue weighted by atomic mass is 9.84. The van der Waals surface area contributed by atoms with Crippen molar-refractivity contribution in [2.75, 3.05) is 13.1 Å². The molecule has 1 amide bonds. The fourth-order valence-electron chi connectivity index (χ4n) is 5.11. The van der Waals surface area contributed by atoms with Crippen molar-refractivity contribution in [3.05, 3.63) is 0 Å². The monoisotopic (exact) mass is 357 g/mol. The summed E-state index contributed by atoms with van der Waals surface area (Å²) in [7, 11) is -3.53. The molecule has 2 saturated carbocycles. The molecule has 0 aromatic rings. The van der Waals surface area contributed by atoms with Crippen molar-refractivity contribution in [1.82, 2.24) is 10.2 Å². The van der Waals surface area contributed by atoms with E-state index >= 15 is 0 Å². The molecule has 3 N–H and O–H groups in total. The van der Waals surface area contributed by atoms with Crippen LogP contribution >= 0.6 is 0 Å². The van der Waals surface area contributed by atoms with Crippen molar-refractivity contribution in [3.8, 4) is 0 Å². The second-order valence-electron chi connectivity index (χ2n) is 8.16. The number of hydrogen-bond donors (Lipinski definition) is 2. The molecule has 2 aliphatic carbocycles. The Balaban J connectivity index is 1.54. The number of nitrogens with one attached hydrogen (secondary N) is 1. The Hall–Kier alpha value is -0.660. The Morgan fingerprint density at radius 1 is 1.21 bits per heavy atom.